The first-order chi connectivity index (χ1) is 12.0. The number of carbonyl (C=O) groups excluding carboxylic acids is 2. The van der Waals surface area contributed by atoms with Crippen LogP contribution in [0.3, 0.4) is 0 Å². The van der Waals surface area contributed by atoms with Crippen molar-refractivity contribution in [2.75, 3.05) is 7.11 Å². The van der Waals surface area contributed by atoms with Gasteiger partial charge in [0, 0.05) is 23.6 Å². The van der Waals surface area contributed by atoms with Crippen molar-refractivity contribution in [2.24, 2.45) is 5.92 Å². The molecule has 2 aromatic rings. The summed E-state index contributed by atoms with van der Waals surface area (Å²) in [5, 5.41) is 3.93. The van der Waals surface area contributed by atoms with Crippen molar-refractivity contribution in [1.29, 1.82) is 0 Å². The molecule has 7 heteroatoms. The van der Waals surface area contributed by atoms with E-state index in [1.165, 1.54) is 7.11 Å². The number of benzene rings is 1. The van der Waals surface area contributed by atoms with Crippen molar-refractivity contribution in [2.45, 2.75) is 38.4 Å². The SMILES string of the molecule is COC(=O)C1NNC2NC(=O)CC(c3oc4ccc(C)cc4c3C)C21. The summed E-state index contributed by atoms with van der Waals surface area (Å²) in [5.74, 6) is -0.0544. The van der Waals surface area contributed by atoms with Crippen molar-refractivity contribution in [3.8, 4) is 0 Å². The van der Waals surface area contributed by atoms with E-state index in [0.717, 1.165) is 27.9 Å². The number of methoxy groups -OCH3 is 1. The normalized spacial score (nSPS) is 28.7. The molecule has 25 heavy (non-hydrogen) atoms. The molecule has 2 aliphatic rings. The summed E-state index contributed by atoms with van der Waals surface area (Å²) in [4.78, 5) is 24.3. The Hall–Kier alpha value is -2.38. The minimum Gasteiger partial charge on any atom is -0.468 e. The van der Waals surface area contributed by atoms with Crippen LogP contribution in [0.2, 0.25) is 0 Å². The number of furan rings is 1. The zero-order valence-corrected chi connectivity index (χ0v) is 14.4. The van der Waals surface area contributed by atoms with Crippen LogP contribution in [0.1, 0.15) is 29.2 Å². The topological polar surface area (TPSA) is 92.6 Å². The molecule has 2 fully saturated rings. The number of piperidine rings is 1. The summed E-state index contributed by atoms with van der Waals surface area (Å²) >= 11 is 0. The number of rotatable bonds is 2. The molecule has 3 N–H and O–H groups in total. The second-order valence-electron chi connectivity index (χ2n) is 6.81. The lowest BCUT2D eigenvalue weighted by atomic mass is 9.77. The molecule has 4 unspecified atom stereocenters. The Morgan fingerprint density at radius 3 is 2.84 bits per heavy atom. The van der Waals surface area contributed by atoms with E-state index in [1.54, 1.807) is 0 Å². The van der Waals surface area contributed by atoms with Crippen molar-refractivity contribution in [3.63, 3.8) is 0 Å². The van der Waals surface area contributed by atoms with E-state index in [9.17, 15) is 9.59 Å². The van der Waals surface area contributed by atoms with E-state index in [0.29, 0.717) is 0 Å². The van der Waals surface area contributed by atoms with Crippen molar-refractivity contribution in [1.82, 2.24) is 16.2 Å². The standard InChI is InChI=1S/C18H21N3O4/c1-8-4-5-12-10(6-8)9(2)16(25-12)11-7-13(22)19-17-14(11)15(20-21-17)18(23)24-3/h4-6,11,14-15,17,20-21H,7H2,1-3H3,(H,19,22). The number of nitrogens with one attached hydrogen (secondary N) is 3. The number of aryl methyl sites for hydroxylation is 2. The Kier molecular flexibility index (Phi) is 3.77. The molecule has 0 bridgehead atoms. The van der Waals surface area contributed by atoms with Crippen LogP contribution in [0, 0.1) is 19.8 Å². The van der Waals surface area contributed by atoms with E-state index in [-0.39, 0.29) is 36.3 Å². The third-order valence-electron chi connectivity index (χ3n) is 5.27. The van der Waals surface area contributed by atoms with E-state index < -0.39 is 6.04 Å². The van der Waals surface area contributed by atoms with Gasteiger partial charge in [-0.05, 0) is 31.5 Å². The van der Waals surface area contributed by atoms with E-state index in [4.69, 9.17) is 9.15 Å². The molecule has 0 radical (unpaired) electrons. The fourth-order valence-corrected chi connectivity index (χ4v) is 4.05. The molecular formula is C18H21N3O4. The number of hydrogen-bond acceptors (Lipinski definition) is 6. The number of hydrogen-bond donors (Lipinski definition) is 3. The molecule has 0 spiro atoms. The maximum Gasteiger partial charge on any atom is 0.324 e. The molecule has 4 rings (SSSR count). The number of fused-ring (bicyclic) bond motifs is 2. The average Bonchev–Trinajstić information content (AvgIpc) is 3.15. The maximum absolute atomic E-state index is 12.2. The first-order valence-corrected chi connectivity index (χ1v) is 8.37. The smallest absolute Gasteiger partial charge is 0.324 e. The van der Waals surface area contributed by atoms with Crippen molar-refractivity contribution < 1.29 is 18.7 Å². The Morgan fingerprint density at radius 1 is 1.28 bits per heavy atom. The highest BCUT2D eigenvalue weighted by atomic mass is 16.5. The van der Waals surface area contributed by atoms with Gasteiger partial charge in [0.25, 0.3) is 0 Å². The molecule has 1 aromatic carbocycles. The largest absolute Gasteiger partial charge is 0.468 e. The minimum absolute atomic E-state index is 0.0675. The molecular weight excluding hydrogens is 322 g/mol. The Balaban J connectivity index is 1.80. The molecule has 1 amide bonds. The highest BCUT2D eigenvalue weighted by Crippen LogP contribution is 2.42. The molecule has 2 saturated heterocycles. The molecule has 2 aliphatic heterocycles. The third-order valence-corrected chi connectivity index (χ3v) is 5.27. The summed E-state index contributed by atoms with van der Waals surface area (Å²) in [6, 6.07) is 5.49. The summed E-state index contributed by atoms with van der Waals surface area (Å²) < 4.78 is 11.0. The zero-order chi connectivity index (χ0) is 17.7. The fraction of sp³-hybridized carbons (Fsp3) is 0.444. The van der Waals surface area contributed by atoms with Crippen LogP contribution in [0.5, 0.6) is 0 Å². The third kappa shape index (κ3) is 2.51. The van der Waals surface area contributed by atoms with Gasteiger partial charge >= 0.3 is 5.97 Å². The lowest BCUT2D eigenvalue weighted by Crippen LogP contribution is -2.53. The minimum atomic E-state index is -0.546. The van der Waals surface area contributed by atoms with Gasteiger partial charge in [0.15, 0.2) is 0 Å². The van der Waals surface area contributed by atoms with Gasteiger partial charge in [-0.25, -0.2) is 10.9 Å². The van der Waals surface area contributed by atoms with Gasteiger partial charge in [-0.15, -0.1) is 0 Å². The summed E-state index contributed by atoms with van der Waals surface area (Å²) in [5.41, 5.74) is 8.92. The second-order valence-corrected chi connectivity index (χ2v) is 6.81. The van der Waals surface area contributed by atoms with Crippen molar-refractivity contribution >= 4 is 22.8 Å². The van der Waals surface area contributed by atoms with Crippen LogP contribution >= 0.6 is 0 Å². The molecule has 132 valence electrons. The average molecular weight is 343 g/mol. The number of amides is 1. The second kappa shape index (κ2) is 5.86. The van der Waals surface area contributed by atoms with Gasteiger partial charge in [0.05, 0.1) is 13.3 Å². The predicted octanol–water partition coefficient (Wildman–Crippen LogP) is 1.24. The number of esters is 1. The summed E-state index contributed by atoms with van der Waals surface area (Å²) in [7, 11) is 1.36. The van der Waals surface area contributed by atoms with E-state index in [1.807, 2.05) is 26.0 Å². The van der Waals surface area contributed by atoms with E-state index in [2.05, 4.69) is 22.2 Å². The molecule has 0 aliphatic carbocycles. The zero-order valence-electron chi connectivity index (χ0n) is 14.4. The molecule has 0 saturated carbocycles. The van der Waals surface area contributed by atoms with Gasteiger partial charge in [-0.2, -0.15) is 0 Å². The molecule has 7 nitrogen and oxygen atoms in total. The first-order valence-electron chi connectivity index (χ1n) is 8.37. The van der Waals surface area contributed by atoms with Crippen LogP contribution in [0.15, 0.2) is 22.6 Å². The number of ether oxygens (including phenoxy) is 1. The first kappa shape index (κ1) is 16.1. The Morgan fingerprint density at radius 2 is 2.08 bits per heavy atom. The number of hydrazine groups is 1. The summed E-state index contributed by atoms with van der Waals surface area (Å²) in [6.45, 7) is 4.04. The summed E-state index contributed by atoms with van der Waals surface area (Å²) in [6.07, 6.45) is -0.0674. The number of carbonyl (C=O) groups is 2. The van der Waals surface area contributed by atoms with Gasteiger partial charge in [0.1, 0.15) is 17.4 Å². The molecule has 3 heterocycles. The van der Waals surface area contributed by atoms with Crippen LogP contribution in [-0.2, 0) is 14.3 Å². The van der Waals surface area contributed by atoms with Crippen LogP contribution in [0.25, 0.3) is 11.0 Å². The van der Waals surface area contributed by atoms with E-state index >= 15 is 0 Å². The molecule has 4 atom stereocenters. The van der Waals surface area contributed by atoms with Crippen LogP contribution < -0.4 is 16.2 Å². The quantitative estimate of drug-likeness (QED) is 0.711. The highest BCUT2D eigenvalue weighted by Gasteiger charge is 2.50. The van der Waals surface area contributed by atoms with Gasteiger partial charge < -0.3 is 14.5 Å². The lowest BCUT2D eigenvalue weighted by Gasteiger charge is -2.34. The van der Waals surface area contributed by atoms with Gasteiger partial charge in [0.2, 0.25) is 5.91 Å². The molecule has 1 aromatic heterocycles. The van der Waals surface area contributed by atoms with Gasteiger partial charge in [-0.1, -0.05) is 11.6 Å². The van der Waals surface area contributed by atoms with Crippen LogP contribution in [-0.4, -0.2) is 31.2 Å². The maximum atomic E-state index is 12.2. The Labute approximate surface area is 145 Å². The monoisotopic (exact) mass is 343 g/mol. The van der Waals surface area contributed by atoms with Crippen LogP contribution in [0.4, 0.5) is 0 Å². The Bertz CT molecular complexity index is 859. The fourth-order valence-electron chi connectivity index (χ4n) is 4.05. The predicted molar refractivity (Wildman–Crippen MR) is 90.5 cm³/mol. The lowest BCUT2D eigenvalue weighted by molar-refractivity contribution is -0.145. The van der Waals surface area contributed by atoms with Gasteiger partial charge in [-0.3, -0.25) is 9.59 Å². The highest BCUT2D eigenvalue weighted by molar-refractivity contribution is 5.85. The van der Waals surface area contributed by atoms with Crippen molar-refractivity contribution in [3.05, 3.63) is 35.1 Å².